The van der Waals surface area contributed by atoms with Gasteiger partial charge in [0.25, 0.3) is 0 Å². The molecule has 9 heterocycles. The monoisotopic (exact) mass is 1300 g/mol. The molecule has 0 bridgehead atoms. The maximum absolute atomic E-state index is 5.79. The standard InChI is InChI=1S/C93H57N9/c1-9-29-80-66(21-1)67-22-2-10-30-81(67)97(80)61-38-43-88-76(50-61)77-51-62(98-82-31-11-3-23-68(82)69-24-4-12-32-83(69)98)39-44-89(77)101(88)92-57-96-93(54-75(92)58-37-42-65(59-19-17-47-94-55-59)74(49-58)60-20-18-48-95-56-60)102-90-45-40-63(99-84-33-13-5-25-70(84)71-26-6-14-34-85(71)99)52-78(90)79-53-64(41-46-91(79)102)100-86-35-15-7-27-72(86)73-28-8-16-36-87(73)100/h1-57H. The Balaban J connectivity index is 0.832. The van der Waals surface area contributed by atoms with Gasteiger partial charge >= 0.3 is 0 Å². The minimum absolute atomic E-state index is 0.783. The second-order valence-corrected chi connectivity index (χ2v) is 26.8. The van der Waals surface area contributed by atoms with Crippen LogP contribution in [0.15, 0.2) is 346 Å². The largest absolute Gasteiger partial charge is 0.309 e. The lowest BCUT2D eigenvalue weighted by Gasteiger charge is -2.19. The molecule has 0 spiro atoms. The Morgan fingerprint density at radius 1 is 0.186 bits per heavy atom. The molecule has 0 N–H and O–H groups in total. The fraction of sp³-hybridized carbons (Fsp3) is 0. The van der Waals surface area contributed by atoms with Crippen LogP contribution in [0.25, 0.3) is 198 Å². The Hall–Kier alpha value is -13.9. The maximum Gasteiger partial charge on any atom is 0.138 e. The Labute approximate surface area is 583 Å². The van der Waals surface area contributed by atoms with Crippen molar-refractivity contribution in [3.05, 3.63) is 346 Å². The van der Waals surface area contributed by atoms with E-state index in [1.54, 1.807) is 0 Å². The second-order valence-electron chi connectivity index (χ2n) is 26.8. The van der Waals surface area contributed by atoms with Crippen LogP contribution in [0.1, 0.15) is 0 Å². The number of rotatable bonds is 9. The summed E-state index contributed by atoms with van der Waals surface area (Å²) in [5.74, 6) is 0.783. The van der Waals surface area contributed by atoms with Crippen molar-refractivity contribution in [1.82, 2.24) is 42.4 Å². The highest BCUT2D eigenvalue weighted by molar-refractivity contribution is 6.17. The number of para-hydroxylation sites is 8. The van der Waals surface area contributed by atoms with Crippen LogP contribution in [-0.2, 0) is 0 Å². The number of nitrogens with zero attached hydrogens (tertiary/aromatic N) is 9. The van der Waals surface area contributed by atoms with Gasteiger partial charge in [-0.1, -0.05) is 170 Å². The van der Waals surface area contributed by atoms with Crippen LogP contribution in [0.3, 0.4) is 0 Å². The van der Waals surface area contributed by atoms with Crippen LogP contribution in [0.5, 0.6) is 0 Å². The third-order valence-electron chi connectivity index (χ3n) is 21.4. The summed E-state index contributed by atoms with van der Waals surface area (Å²) in [5, 5.41) is 14.2. The Kier molecular flexibility index (Phi) is 12.0. The minimum atomic E-state index is 0.783. The third kappa shape index (κ3) is 8.18. The molecule has 474 valence electrons. The first-order valence-corrected chi connectivity index (χ1v) is 34.7. The molecule has 0 unspecified atom stereocenters. The lowest BCUT2D eigenvalue weighted by Crippen LogP contribution is -2.04. The number of hydrogen-bond donors (Lipinski definition) is 0. The molecule has 0 saturated carbocycles. The van der Waals surface area contributed by atoms with Crippen molar-refractivity contribution in [3.8, 4) is 67.6 Å². The van der Waals surface area contributed by atoms with Crippen molar-refractivity contribution in [1.29, 1.82) is 0 Å². The van der Waals surface area contributed by atoms with Gasteiger partial charge < -0.3 is 22.8 Å². The van der Waals surface area contributed by atoms with Crippen LogP contribution in [0.4, 0.5) is 0 Å². The highest BCUT2D eigenvalue weighted by Gasteiger charge is 2.26. The maximum atomic E-state index is 5.79. The number of pyridine rings is 3. The first kappa shape index (κ1) is 56.2. The summed E-state index contributed by atoms with van der Waals surface area (Å²) in [7, 11) is 0. The van der Waals surface area contributed by atoms with E-state index in [-0.39, 0.29) is 0 Å². The van der Waals surface area contributed by atoms with E-state index in [1.807, 2.05) is 36.9 Å². The van der Waals surface area contributed by atoms with Crippen LogP contribution in [-0.4, -0.2) is 42.4 Å². The van der Waals surface area contributed by atoms with Crippen molar-refractivity contribution in [3.63, 3.8) is 0 Å². The van der Waals surface area contributed by atoms with Gasteiger partial charge in [-0.3, -0.25) is 14.5 Å². The van der Waals surface area contributed by atoms with E-state index < -0.39 is 0 Å². The average molecular weight is 1300 g/mol. The topological polar surface area (TPSA) is 68.2 Å². The Morgan fingerprint density at radius 3 is 0.814 bits per heavy atom. The third-order valence-corrected chi connectivity index (χ3v) is 21.4. The number of benzene rings is 13. The van der Waals surface area contributed by atoms with Gasteiger partial charge in [-0.15, -0.1) is 0 Å². The van der Waals surface area contributed by atoms with Crippen LogP contribution >= 0.6 is 0 Å². The van der Waals surface area contributed by atoms with Crippen molar-refractivity contribution >= 4 is 131 Å². The van der Waals surface area contributed by atoms with Gasteiger partial charge in [-0.2, -0.15) is 0 Å². The fourth-order valence-electron chi connectivity index (χ4n) is 17.1. The van der Waals surface area contributed by atoms with E-state index in [0.29, 0.717) is 0 Å². The molecular weight excluding hydrogens is 1240 g/mol. The zero-order chi connectivity index (χ0) is 66.7. The molecule has 22 aromatic rings. The van der Waals surface area contributed by atoms with E-state index in [0.717, 1.165) is 155 Å². The molecule has 9 nitrogen and oxygen atoms in total. The summed E-state index contributed by atoms with van der Waals surface area (Å²) in [6.07, 6.45) is 9.72. The molecule has 0 amide bonds. The molecule has 0 aliphatic carbocycles. The van der Waals surface area contributed by atoms with E-state index in [1.165, 1.54) is 43.1 Å². The van der Waals surface area contributed by atoms with Gasteiger partial charge in [0.15, 0.2) is 0 Å². The molecule has 9 heteroatoms. The summed E-state index contributed by atoms with van der Waals surface area (Å²) in [6.45, 7) is 0. The molecule has 0 aliphatic heterocycles. The number of hydrogen-bond acceptors (Lipinski definition) is 3. The summed E-state index contributed by atoms with van der Waals surface area (Å²) in [6, 6.07) is 116. The molecule has 13 aromatic carbocycles. The average Bonchev–Trinajstić information content (AvgIpc) is 1.55. The first-order chi connectivity index (χ1) is 50.6. The van der Waals surface area contributed by atoms with Gasteiger partial charge in [0.1, 0.15) is 5.82 Å². The molecule has 0 atom stereocenters. The number of aromatic nitrogens is 9. The van der Waals surface area contributed by atoms with Crippen molar-refractivity contribution < 1.29 is 0 Å². The summed E-state index contributed by atoms with van der Waals surface area (Å²) in [5.41, 5.74) is 24.8. The predicted molar refractivity (Wildman–Crippen MR) is 422 cm³/mol. The Bertz CT molecular complexity index is 6700. The molecule has 0 radical (unpaired) electrons. The molecule has 0 aliphatic rings. The van der Waals surface area contributed by atoms with Crippen LogP contribution < -0.4 is 0 Å². The van der Waals surface area contributed by atoms with Crippen molar-refractivity contribution in [2.45, 2.75) is 0 Å². The van der Waals surface area contributed by atoms with Crippen molar-refractivity contribution in [2.24, 2.45) is 0 Å². The number of fused-ring (bicyclic) bond motifs is 18. The second kappa shape index (κ2) is 21.8. The fourth-order valence-corrected chi connectivity index (χ4v) is 17.1. The molecule has 9 aromatic heterocycles. The first-order valence-electron chi connectivity index (χ1n) is 34.7. The lowest BCUT2D eigenvalue weighted by molar-refractivity contribution is 1.05. The normalized spacial score (nSPS) is 12.1. The lowest BCUT2D eigenvalue weighted by atomic mass is 9.92. The van der Waals surface area contributed by atoms with Gasteiger partial charge in [0.2, 0.25) is 0 Å². The minimum Gasteiger partial charge on any atom is -0.309 e. The quantitative estimate of drug-likeness (QED) is 0.145. The van der Waals surface area contributed by atoms with Gasteiger partial charge in [-0.25, -0.2) is 4.98 Å². The van der Waals surface area contributed by atoms with Gasteiger partial charge in [-0.05, 0) is 162 Å². The highest BCUT2D eigenvalue weighted by Crippen LogP contribution is 2.46. The van der Waals surface area contributed by atoms with E-state index in [4.69, 9.17) is 9.97 Å². The van der Waals surface area contributed by atoms with E-state index >= 15 is 0 Å². The van der Waals surface area contributed by atoms with E-state index in [2.05, 4.69) is 342 Å². The zero-order valence-electron chi connectivity index (χ0n) is 54.9. The summed E-state index contributed by atoms with van der Waals surface area (Å²) in [4.78, 5) is 15.1. The Morgan fingerprint density at radius 2 is 0.490 bits per heavy atom. The van der Waals surface area contributed by atoms with Crippen molar-refractivity contribution in [2.75, 3.05) is 0 Å². The molecule has 102 heavy (non-hydrogen) atoms. The zero-order valence-corrected chi connectivity index (χ0v) is 54.9. The van der Waals surface area contributed by atoms with Crippen LogP contribution in [0, 0.1) is 0 Å². The SMILES string of the molecule is c1cncc(-c2ccc(-c3cc(-n4c5ccc(-n6c7ccccc7c7ccccc76)cc5c5cc(-n6c7ccccc7c7ccccc76)ccc54)ncc3-n3c4ccc(-n5c6ccccc6c6ccccc65)cc4c4cc(-n5c6ccccc6c6ccccc65)ccc43)cc2-c2cccnc2)c1. The molecule has 0 fully saturated rings. The molecule has 0 saturated heterocycles. The molecule has 22 rings (SSSR count). The van der Waals surface area contributed by atoms with Gasteiger partial charge in [0.05, 0.1) is 78.1 Å². The predicted octanol–water partition coefficient (Wildman–Crippen LogP) is 23.5. The smallest absolute Gasteiger partial charge is 0.138 e. The van der Waals surface area contributed by atoms with Crippen LogP contribution in [0.2, 0.25) is 0 Å². The molecular formula is C93H57N9. The van der Waals surface area contributed by atoms with Gasteiger partial charge in [0, 0.05) is 129 Å². The summed E-state index contributed by atoms with van der Waals surface area (Å²) < 4.78 is 14.6. The summed E-state index contributed by atoms with van der Waals surface area (Å²) >= 11 is 0. The van der Waals surface area contributed by atoms with E-state index in [9.17, 15) is 0 Å². The highest BCUT2D eigenvalue weighted by atomic mass is 15.1.